The molecule has 84 valence electrons. The molecule has 1 rings (SSSR count). The second-order valence-corrected chi connectivity index (χ2v) is 3.93. The van der Waals surface area contributed by atoms with E-state index in [0.717, 1.165) is 0 Å². The molecule has 1 atom stereocenters. The molecule has 0 bridgehead atoms. The summed E-state index contributed by atoms with van der Waals surface area (Å²) in [4.78, 5) is 10.6. The number of nitrogens with one attached hydrogen (secondary N) is 1. The molecule has 5 nitrogen and oxygen atoms in total. The van der Waals surface area contributed by atoms with Crippen molar-refractivity contribution in [3.05, 3.63) is 28.2 Å². The lowest BCUT2D eigenvalue weighted by atomic mass is 10.2. The Morgan fingerprint density at radius 1 is 1.69 bits per heavy atom. The van der Waals surface area contributed by atoms with Crippen LogP contribution in [0.2, 0.25) is 0 Å². The van der Waals surface area contributed by atoms with E-state index in [-0.39, 0.29) is 6.54 Å². The smallest absolute Gasteiger partial charge is 0.248 e. The van der Waals surface area contributed by atoms with Crippen LogP contribution in [0.3, 0.4) is 0 Å². The molecule has 0 fully saturated rings. The van der Waals surface area contributed by atoms with Gasteiger partial charge in [-0.1, -0.05) is 6.07 Å². The minimum atomic E-state index is -1.27. The molecule has 16 heavy (non-hydrogen) atoms. The maximum atomic E-state index is 10.6. The van der Waals surface area contributed by atoms with E-state index in [0.29, 0.717) is 15.7 Å². The highest BCUT2D eigenvalue weighted by atomic mass is 79.9. The van der Waals surface area contributed by atoms with Gasteiger partial charge >= 0.3 is 0 Å². The third-order valence-corrected chi connectivity index (χ3v) is 2.60. The maximum Gasteiger partial charge on any atom is 0.248 e. The summed E-state index contributed by atoms with van der Waals surface area (Å²) < 4.78 is 0.647. The van der Waals surface area contributed by atoms with Gasteiger partial charge in [0.1, 0.15) is 12.2 Å². The second kappa shape index (κ2) is 5.49. The van der Waals surface area contributed by atoms with Crippen molar-refractivity contribution in [2.24, 2.45) is 5.73 Å². The zero-order valence-corrected chi connectivity index (χ0v) is 9.86. The molecule has 0 aliphatic rings. The molecule has 1 aromatic carbocycles. The summed E-state index contributed by atoms with van der Waals surface area (Å²) in [5.41, 5.74) is 5.85. The highest BCUT2D eigenvalue weighted by Crippen LogP contribution is 2.23. The van der Waals surface area contributed by atoms with Crippen LogP contribution >= 0.6 is 15.9 Å². The molecule has 0 aliphatic carbocycles. The van der Waals surface area contributed by atoms with Crippen LogP contribution in [-0.4, -0.2) is 23.7 Å². The molecular weight excluding hydrogens is 274 g/mol. The molecule has 1 unspecified atom stereocenters. The van der Waals surface area contributed by atoms with Gasteiger partial charge in [-0.25, -0.2) is 0 Å². The Balaban J connectivity index is 2.79. The van der Waals surface area contributed by atoms with E-state index in [2.05, 4.69) is 21.2 Å². The number of aliphatic hydroxyl groups is 1. The SMILES string of the molecule is N#Cc1c(Br)cccc1NCC(O)C(N)=O. The number of aliphatic hydroxyl groups excluding tert-OH is 1. The van der Waals surface area contributed by atoms with E-state index in [9.17, 15) is 9.90 Å². The number of amides is 1. The van der Waals surface area contributed by atoms with Crippen molar-refractivity contribution in [2.45, 2.75) is 6.10 Å². The first-order valence-electron chi connectivity index (χ1n) is 4.46. The number of nitriles is 1. The minimum absolute atomic E-state index is 0.0273. The van der Waals surface area contributed by atoms with E-state index >= 15 is 0 Å². The number of halogens is 1. The normalized spacial score (nSPS) is 11.6. The van der Waals surface area contributed by atoms with Crippen molar-refractivity contribution in [2.75, 3.05) is 11.9 Å². The first kappa shape index (κ1) is 12.5. The molecule has 4 N–H and O–H groups in total. The van der Waals surface area contributed by atoms with Crippen molar-refractivity contribution < 1.29 is 9.90 Å². The lowest BCUT2D eigenvalue weighted by Crippen LogP contribution is -2.34. The van der Waals surface area contributed by atoms with Gasteiger partial charge in [-0.05, 0) is 28.1 Å². The lowest BCUT2D eigenvalue weighted by Gasteiger charge is -2.11. The molecule has 0 heterocycles. The van der Waals surface area contributed by atoms with Crippen LogP contribution in [0.25, 0.3) is 0 Å². The summed E-state index contributed by atoms with van der Waals surface area (Å²) in [7, 11) is 0. The van der Waals surface area contributed by atoms with Gasteiger partial charge in [0, 0.05) is 11.0 Å². The molecular formula is C10H10BrN3O2. The fourth-order valence-electron chi connectivity index (χ4n) is 1.09. The number of hydrogen-bond acceptors (Lipinski definition) is 4. The van der Waals surface area contributed by atoms with E-state index < -0.39 is 12.0 Å². The number of primary amides is 1. The number of carbonyl (C=O) groups excluding carboxylic acids is 1. The lowest BCUT2D eigenvalue weighted by molar-refractivity contribution is -0.125. The number of nitrogens with two attached hydrogens (primary N) is 1. The standard InChI is InChI=1S/C10H10BrN3O2/c11-7-2-1-3-8(6(7)4-12)14-5-9(15)10(13)16/h1-3,9,14-15H,5H2,(H2,13,16). The fourth-order valence-corrected chi connectivity index (χ4v) is 1.55. The number of carbonyl (C=O) groups is 1. The second-order valence-electron chi connectivity index (χ2n) is 3.07. The molecule has 0 spiro atoms. The third kappa shape index (κ3) is 2.95. The van der Waals surface area contributed by atoms with Gasteiger partial charge in [0.05, 0.1) is 11.3 Å². The van der Waals surface area contributed by atoms with Gasteiger partial charge in [-0.3, -0.25) is 4.79 Å². The van der Waals surface area contributed by atoms with Gasteiger partial charge in [0.25, 0.3) is 0 Å². The van der Waals surface area contributed by atoms with Crippen LogP contribution in [0.4, 0.5) is 5.69 Å². The van der Waals surface area contributed by atoms with Gasteiger partial charge < -0.3 is 16.2 Å². The van der Waals surface area contributed by atoms with Crippen molar-refractivity contribution in [1.82, 2.24) is 0 Å². The number of nitrogens with zero attached hydrogens (tertiary/aromatic N) is 1. The third-order valence-electron chi connectivity index (χ3n) is 1.94. The van der Waals surface area contributed by atoms with Crippen LogP contribution in [-0.2, 0) is 4.79 Å². The first-order valence-corrected chi connectivity index (χ1v) is 5.25. The van der Waals surface area contributed by atoms with Gasteiger partial charge in [0.15, 0.2) is 0 Å². The summed E-state index contributed by atoms with van der Waals surface area (Å²) in [5.74, 6) is -0.805. The highest BCUT2D eigenvalue weighted by molar-refractivity contribution is 9.10. The molecule has 0 radical (unpaired) electrons. The Bertz CT molecular complexity index is 442. The quantitative estimate of drug-likeness (QED) is 0.753. The summed E-state index contributed by atoms with van der Waals surface area (Å²) in [5, 5.41) is 20.9. The first-order chi connectivity index (χ1) is 7.56. The van der Waals surface area contributed by atoms with Gasteiger partial charge in [-0.15, -0.1) is 0 Å². The van der Waals surface area contributed by atoms with E-state index in [1.165, 1.54) is 0 Å². The summed E-state index contributed by atoms with van der Waals surface area (Å²) in [6.07, 6.45) is -1.27. The number of benzene rings is 1. The van der Waals surface area contributed by atoms with Crippen LogP contribution < -0.4 is 11.1 Å². The van der Waals surface area contributed by atoms with Gasteiger partial charge in [0.2, 0.25) is 5.91 Å². The molecule has 0 aromatic heterocycles. The summed E-state index contributed by atoms with van der Waals surface area (Å²) in [6.45, 7) is -0.0273. The van der Waals surface area contributed by atoms with Gasteiger partial charge in [-0.2, -0.15) is 5.26 Å². The molecule has 0 saturated carbocycles. The van der Waals surface area contributed by atoms with Crippen LogP contribution in [0.15, 0.2) is 22.7 Å². The predicted octanol–water partition coefficient (Wildman–Crippen LogP) is 0.579. The molecule has 1 amide bonds. The van der Waals surface area contributed by atoms with Crippen LogP contribution in [0.5, 0.6) is 0 Å². The minimum Gasteiger partial charge on any atom is -0.381 e. The van der Waals surface area contributed by atoms with E-state index in [1.54, 1.807) is 18.2 Å². The number of anilines is 1. The highest BCUT2D eigenvalue weighted by Gasteiger charge is 2.12. The Kier molecular flexibility index (Phi) is 4.28. The molecule has 0 aliphatic heterocycles. The zero-order chi connectivity index (χ0) is 12.1. The van der Waals surface area contributed by atoms with Crippen molar-refractivity contribution in [1.29, 1.82) is 5.26 Å². The fraction of sp³-hybridized carbons (Fsp3) is 0.200. The summed E-state index contributed by atoms with van der Waals surface area (Å²) in [6, 6.07) is 7.16. The van der Waals surface area contributed by atoms with E-state index in [4.69, 9.17) is 11.0 Å². The predicted molar refractivity (Wildman–Crippen MR) is 62.5 cm³/mol. The average Bonchev–Trinajstić information content (AvgIpc) is 2.25. The largest absolute Gasteiger partial charge is 0.381 e. The number of rotatable bonds is 4. The van der Waals surface area contributed by atoms with Crippen LogP contribution in [0.1, 0.15) is 5.56 Å². The summed E-state index contributed by atoms with van der Waals surface area (Å²) >= 11 is 3.23. The van der Waals surface area contributed by atoms with Crippen molar-refractivity contribution >= 4 is 27.5 Å². The maximum absolute atomic E-state index is 10.6. The Labute approximate surface area is 101 Å². The van der Waals surface area contributed by atoms with Crippen LogP contribution in [0, 0.1) is 11.3 Å². The Morgan fingerprint density at radius 2 is 2.38 bits per heavy atom. The topological polar surface area (TPSA) is 99.1 Å². The monoisotopic (exact) mass is 283 g/mol. The van der Waals surface area contributed by atoms with E-state index in [1.807, 2.05) is 6.07 Å². The molecule has 1 aromatic rings. The molecule has 0 saturated heterocycles. The Hall–Kier alpha value is -1.58. The average molecular weight is 284 g/mol. The Morgan fingerprint density at radius 3 is 2.94 bits per heavy atom. The molecule has 6 heteroatoms. The van der Waals surface area contributed by atoms with Crippen molar-refractivity contribution in [3.8, 4) is 6.07 Å². The van der Waals surface area contributed by atoms with Crippen molar-refractivity contribution in [3.63, 3.8) is 0 Å². The number of hydrogen-bond donors (Lipinski definition) is 3. The zero-order valence-electron chi connectivity index (χ0n) is 8.27.